The summed E-state index contributed by atoms with van der Waals surface area (Å²) in [4.78, 5) is 10.2. The summed E-state index contributed by atoms with van der Waals surface area (Å²) in [6.07, 6.45) is 9.48. The number of unbranched alkanes of at least 4 members (excludes halogenated alkanes) is 6. The first kappa shape index (κ1) is 14.0. The van der Waals surface area contributed by atoms with Crippen LogP contribution in [0.3, 0.4) is 0 Å². The fourth-order valence-electron chi connectivity index (χ4n) is 1.43. The zero-order valence-electron chi connectivity index (χ0n) is 9.41. The lowest BCUT2D eigenvalue weighted by Crippen LogP contribution is -1.93. The van der Waals surface area contributed by atoms with Crippen LogP contribution in [0.15, 0.2) is 12.8 Å². The third-order valence-corrected chi connectivity index (χ3v) is 2.27. The van der Waals surface area contributed by atoms with Crippen molar-refractivity contribution in [3.05, 3.63) is 12.8 Å². The first-order chi connectivity index (χ1) is 7.27. The molecule has 0 unspecified atom stereocenters. The van der Waals surface area contributed by atoms with Crippen molar-refractivity contribution in [1.82, 2.24) is 0 Å². The monoisotopic (exact) mass is 214 g/mol. The molecule has 0 bridgehead atoms. The molecular weight excluding hydrogens is 192 g/mol. The van der Waals surface area contributed by atoms with Crippen molar-refractivity contribution in [3.63, 3.8) is 0 Å². The fourth-order valence-corrected chi connectivity index (χ4v) is 1.43. The molecule has 0 atom stereocenters. The molecule has 0 aliphatic carbocycles. The molecule has 0 aromatic heterocycles. The average molecular weight is 214 g/mol. The second-order valence-electron chi connectivity index (χ2n) is 3.66. The molecule has 0 aromatic rings. The second kappa shape index (κ2) is 11.1. The molecule has 0 amide bonds. The lowest BCUT2D eigenvalue weighted by Gasteiger charge is -2.01. The molecule has 0 rings (SSSR count). The van der Waals surface area contributed by atoms with Gasteiger partial charge in [-0.2, -0.15) is 0 Å². The van der Waals surface area contributed by atoms with Crippen LogP contribution in [0, 0.1) is 0 Å². The molecule has 1 N–H and O–H groups in total. The lowest BCUT2D eigenvalue weighted by atomic mass is 10.1. The quantitative estimate of drug-likeness (QED) is 0.424. The van der Waals surface area contributed by atoms with Crippen LogP contribution in [0.25, 0.3) is 0 Å². The summed E-state index contributed by atoms with van der Waals surface area (Å²) in [5.41, 5.74) is 0. The molecule has 3 heteroatoms. The van der Waals surface area contributed by atoms with Gasteiger partial charge in [0, 0.05) is 6.42 Å². The minimum atomic E-state index is -0.684. The van der Waals surface area contributed by atoms with E-state index < -0.39 is 5.97 Å². The fraction of sp³-hybridized carbons (Fsp3) is 0.750. The lowest BCUT2D eigenvalue weighted by molar-refractivity contribution is -0.137. The Labute approximate surface area is 92.1 Å². The predicted molar refractivity (Wildman–Crippen MR) is 60.7 cm³/mol. The molecule has 15 heavy (non-hydrogen) atoms. The number of carboxylic acid groups (broad SMARTS) is 1. The Bertz CT molecular complexity index is 166. The zero-order valence-corrected chi connectivity index (χ0v) is 9.41. The highest BCUT2D eigenvalue weighted by Crippen LogP contribution is 2.08. The number of hydrogen-bond acceptors (Lipinski definition) is 2. The van der Waals surface area contributed by atoms with E-state index in [4.69, 9.17) is 9.84 Å². The number of carboxylic acids is 1. The third-order valence-electron chi connectivity index (χ3n) is 2.27. The van der Waals surface area contributed by atoms with Crippen molar-refractivity contribution in [1.29, 1.82) is 0 Å². The van der Waals surface area contributed by atoms with Gasteiger partial charge < -0.3 is 9.84 Å². The van der Waals surface area contributed by atoms with Crippen LogP contribution in [0.5, 0.6) is 0 Å². The van der Waals surface area contributed by atoms with Crippen LogP contribution < -0.4 is 0 Å². The van der Waals surface area contributed by atoms with Crippen molar-refractivity contribution >= 4 is 5.97 Å². The molecule has 0 aliphatic heterocycles. The largest absolute Gasteiger partial charge is 0.502 e. The number of rotatable bonds is 11. The van der Waals surface area contributed by atoms with E-state index in [1.807, 2.05) is 0 Å². The maximum Gasteiger partial charge on any atom is 0.303 e. The summed E-state index contributed by atoms with van der Waals surface area (Å²) in [5, 5.41) is 8.41. The van der Waals surface area contributed by atoms with Gasteiger partial charge in [-0.15, -0.1) is 0 Å². The highest BCUT2D eigenvalue weighted by atomic mass is 16.5. The van der Waals surface area contributed by atoms with E-state index >= 15 is 0 Å². The highest BCUT2D eigenvalue weighted by Gasteiger charge is 1.96. The summed E-state index contributed by atoms with van der Waals surface area (Å²) in [7, 11) is 0. The molecule has 0 saturated heterocycles. The Morgan fingerprint density at radius 2 is 1.60 bits per heavy atom. The van der Waals surface area contributed by atoms with E-state index in [1.54, 1.807) is 0 Å². The predicted octanol–water partition coefficient (Wildman–Crippen LogP) is 3.35. The topological polar surface area (TPSA) is 46.5 Å². The van der Waals surface area contributed by atoms with E-state index in [-0.39, 0.29) is 0 Å². The van der Waals surface area contributed by atoms with E-state index in [0.29, 0.717) is 6.42 Å². The maximum atomic E-state index is 10.2. The average Bonchev–Trinajstić information content (AvgIpc) is 2.20. The number of ether oxygens (including phenoxy) is 1. The van der Waals surface area contributed by atoms with Gasteiger partial charge in [0.05, 0.1) is 12.9 Å². The smallest absolute Gasteiger partial charge is 0.303 e. The van der Waals surface area contributed by atoms with Crippen molar-refractivity contribution in [3.8, 4) is 0 Å². The minimum Gasteiger partial charge on any atom is -0.502 e. The van der Waals surface area contributed by atoms with Gasteiger partial charge in [-0.1, -0.05) is 38.7 Å². The van der Waals surface area contributed by atoms with Crippen LogP contribution in [0.4, 0.5) is 0 Å². The molecule has 88 valence electrons. The molecule has 0 fully saturated rings. The van der Waals surface area contributed by atoms with E-state index in [0.717, 1.165) is 32.3 Å². The second-order valence-corrected chi connectivity index (χ2v) is 3.66. The van der Waals surface area contributed by atoms with Gasteiger partial charge in [0.2, 0.25) is 0 Å². The summed E-state index contributed by atoms with van der Waals surface area (Å²) >= 11 is 0. The Morgan fingerprint density at radius 1 is 1.07 bits per heavy atom. The SMILES string of the molecule is C=COCCCCCCCCCC(=O)O. The summed E-state index contributed by atoms with van der Waals surface area (Å²) in [6, 6.07) is 0. The van der Waals surface area contributed by atoms with E-state index in [9.17, 15) is 4.79 Å². The molecule has 0 saturated carbocycles. The van der Waals surface area contributed by atoms with Crippen molar-refractivity contribution in [2.75, 3.05) is 6.61 Å². The van der Waals surface area contributed by atoms with E-state index in [1.165, 1.54) is 25.5 Å². The van der Waals surface area contributed by atoms with E-state index in [2.05, 4.69) is 6.58 Å². The first-order valence-corrected chi connectivity index (χ1v) is 5.71. The standard InChI is InChI=1S/C12H22O3/c1-2-15-11-9-7-5-3-4-6-8-10-12(13)14/h2H,1,3-11H2,(H,13,14). The third kappa shape index (κ3) is 13.0. The van der Waals surface area contributed by atoms with Crippen LogP contribution in [-0.2, 0) is 9.53 Å². The van der Waals surface area contributed by atoms with Crippen LogP contribution in [-0.4, -0.2) is 17.7 Å². The number of carbonyl (C=O) groups is 1. The molecule has 0 radical (unpaired) electrons. The van der Waals surface area contributed by atoms with Crippen molar-refractivity contribution in [2.45, 2.75) is 51.4 Å². The van der Waals surface area contributed by atoms with Crippen LogP contribution in [0.2, 0.25) is 0 Å². The minimum absolute atomic E-state index is 0.313. The zero-order chi connectivity index (χ0) is 11.4. The van der Waals surface area contributed by atoms with Gasteiger partial charge in [0.1, 0.15) is 0 Å². The first-order valence-electron chi connectivity index (χ1n) is 5.71. The Balaban J connectivity index is 2.92. The van der Waals surface area contributed by atoms with Gasteiger partial charge in [-0.25, -0.2) is 0 Å². The molecule has 0 heterocycles. The van der Waals surface area contributed by atoms with Crippen molar-refractivity contribution < 1.29 is 14.6 Å². The molecule has 0 aliphatic rings. The van der Waals surface area contributed by atoms with Gasteiger partial charge in [-0.05, 0) is 12.8 Å². The van der Waals surface area contributed by atoms with Gasteiger partial charge in [0.25, 0.3) is 0 Å². The summed E-state index contributed by atoms with van der Waals surface area (Å²) in [6.45, 7) is 4.24. The molecule has 0 spiro atoms. The number of aliphatic carboxylic acids is 1. The Kier molecular flexibility index (Phi) is 10.4. The highest BCUT2D eigenvalue weighted by molar-refractivity contribution is 5.66. The van der Waals surface area contributed by atoms with Crippen LogP contribution in [0.1, 0.15) is 51.4 Å². The molecular formula is C12H22O3. The molecule has 0 aromatic carbocycles. The Morgan fingerprint density at radius 3 is 2.13 bits per heavy atom. The number of hydrogen-bond donors (Lipinski definition) is 1. The van der Waals surface area contributed by atoms with Gasteiger partial charge in [0.15, 0.2) is 0 Å². The van der Waals surface area contributed by atoms with Crippen molar-refractivity contribution in [2.24, 2.45) is 0 Å². The van der Waals surface area contributed by atoms with Gasteiger partial charge >= 0.3 is 5.97 Å². The summed E-state index contributed by atoms with van der Waals surface area (Å²) < 4.78 is 5.00. The summed E-state index contributed by atoms with van der Waals surface area (Å²) in [5.74, 6) is -0.684. The maximum absolute atomic E-state index is 10.2. The molecule has 3 nitrogen and oxygen atoms in total. The van der Waals surface area contributed by atoms with Gasteiger partial charge in [-0.3, -0.25) is 4.79 Å². The van der Waals surface area contributed by atoms with Crippen LogP contribution >= 0.6 is 0 Å². The normalized spacial score (nSPS) is 9.87. The Hall–Kier alpha value is -0.990.